The molecule has 2 N–H and O–H groups in total. The molecule has 0 atom stereocenters. The van der Waals surface area contributed by atoms with E-state index in [-0.39, 0.29) is 5.75 Å². The van der Waals surface area contributed by atoms with Crippen molar-refractivity contribution in [2.24, 2.45) is 5.10 Å². The van der Waals surface area contributed by atoms with Gasteiger partial charge in [0.05, 0.1) is 14.7 Å². The van der Waals surface area contributed by atoms with Crippen molar-refractivity contribution in [1.29, 1.82) is 0 Å². The summed E-state index contributed by atoms with van der Waals surface area (Å²) in [5, 5.41) is 23.4. The molecule has 5 nitrogen and oxygen atoms in total. The van der Waals surface area contributed by atoms with E-state index >= 15 is 0 Å². The number of nitrogens with one attached hydrogen (secondary N) is 1. The molecule has 0 spiro atoms. The van der Waals surface area contributed by atoms with E-state index < -0.39 is 0 Å². The fraction of sp³-hybridized carbons (Fsp3) is 0. The zero-order valence-electron chi connectivity index (χ0n) is 10.8. The third kappa shape index (κ3) is 3.26. The van der Waals surface area contributed by atoms with Gasteiger partial charge >= 0.3 is 0 Å². The molecule has 0 aliphatic heterocycles. The number of halogens is 2. The highest BCUT2D eigenvalue weighted by Gasteiger charge is 2.10. The van der Waals surface area contributed by atoms with E-state index in [0.717, 1.165) is 12.0 Å². The van der Waals surface area contributed by atoms with Gasteiger partial charge in [-0.1, -0.05) is 6.07 Å². The van der Waals surface area contributed by atoms with Gasteiger partial charge in [-0.15, -0.1) is 11.3 Å². The third-order valence-electron chi connectivity index (χ3n) is 2.76. The molecule has 2 heterocycles. The van der Waals surface area contributed by atoms with Gasteiger partial charge in [-0.3, -0.25) is 0 Å². The summed E-state index contributed by atoms with van der Waals surface area (Å²) >= 11 is 11.1. The van der Waals surface area contributed by atoms with Crippen LogP contribution >= 0.6 is 68.7 Å². The summed E-state index contributed by atoms with van der Waals surface area (Å²) in [5.41, 5.74) is 0.636. The maximum absolute atomic E-state index is 10.1. The van der Waals surface area contributed by atoms with Crippen molar-refractivity contribution < 1.29 is 5.11 Å². The molecular weight excluding hydrogens is 546 g/mol. The molecule has 1 aromatic carbocycles. The predicted octanol–water partition coefficient (Wildman–Crippen LogP) is 4.47. The van der Waals surface area contributed by atoms with Crippen molar-refractivity contribution >= 4 is 75.0 Å². The monoisotopic (exact) mass is 554 g/mol. The molecule has 9 heteroatoms. The van der Waals surface area contributed by atoms with Crippen LogP contribution in [0.5, 0.6) is 5.75 Å². The number of rotatable bonds is 3. The van der Waals surface area contributed by atoms with Gasteiger partial charge in [-0.25, -0.2) is 5.10 Å². The van der Waals surface area contributed by atoms with Crippen LogP contribution in [0.2, 0.25) is 0 Å². The molecule has 22 heavy (non-hydrogen) atoms. The first-order valence-corrected chi connectivity index (χ1v) is 9.44. The fourth-order valence-electron chi connectivity index (χ4n) is 1.77. The predicted molar refractivity (Wildman–Crippen MR) is 107 cm³/mol. The Hall–Kier alpha value is -0.790. The van der Waals surface area contributed by atoms with Gasteiger partial charge in [0.2, 0.25) is 4.77 Å². The first kappa shape index (κ1) is 16.1. The van der Waals surface area contributed by atoms with E-state index in [1.54, 1.807) is 22.2 Å². The highest BCUT2D eigenvalue weighted by atomic mass is 127. The zero-order valence-corrected chi connectivity index (χ0v) is 16.8. The molecule has 0 bridgehead atoms. The first-order chi connectivity index (χ1) is 10.6. The van der Waals surface area contributed by atoms with Crippen LogP contribution in [0, 0.1) is 11.9 Å². The Labute approximate surface area is 162 Å². The number of aromatic amines is 1. The minimum Gasteiger partial charge on any atom is -0.506 e. The van der Waals surface area contributed by atoms with Gasteiger partial charge < -0.3 is 5.11 Å². The molecule has 0 unspecified atom stereocenters. The number of hydrogen-bond donors (Lipinski definition) is 2. The number of hydrogen-bond acceptors (Lipinski definition) is 5. The Morgan fingerprint density at radius 1 is 1.41 bits per heavy atom. The van der Waals surface area contributed by atoms with E-state index in [0.29, 0.717) is 16.2 Å². The Morgan fingerprint density at radius 2 is 2.23 bits per heavy atom. The van der Waals surface area contributed by atoms with Gasteiger partial charge in [-0.05, 0) is 81.0 Å². The molecule has 2 aromatic heterocycles. The summed E-state index contributed by atoms with van der Waals surface area (Å²) < 4.78 is 3.75. The van der Waals surface area contributed by atoms with Crippen LogP contribution in [0.3, 0.4) is 0 Å². The Kier molecular flexibility index (Phi) is 4.94. The molecule has 112 valence electrons. The van der Waals surface area contributed by atoms with Crippen molar-refractivity contribution in [3.8, 4) is 16.5 Å². The van der Waals surface area contributed by atoms with Crippen molar-refractivity contribution in [3.63, 3.8) is 0 Å². The van der Waals surface area contributed by atoms with E-state index in [9.17, 15) is 5.11 Å². The summed E-state index contributed by atoms with van der Waals surface area (Å²) in [6.07, 6.45) is 1.59. The van der Waals surface area contributed by atoms with Crippen molar-refractivity contribution in [1.82, 2.24) is 14.9 Å². The molecule has 0 aliphatic carbocycles. The standard InChI is InChI=1S/C13H8I2N4OS2/c14-8-4-7(11(20)9(15)5-8)6-16-19-12(17-18-13(19)21)10-2-1-3-22-10/h1-6,20H,(H,18,21)/b16-6+. The number of phenols is 1. The molecule has 0 aliphatic rings. The van der Waals surface area contributed by atoms with Crippen molar-refractivity contribution in [3.05, 3.63) is 47.1 Å². The normalized spacial score (nSPS) is 11.4. The van der Waals surface area contributed by atoms with E-state index in [2.05, 4.69) is 60.5 Å². The first-order valence-electron chi connectivity index (χ1n) is 6.00. The van der Waals surface area contributed by atoms with Gasteiger partial charge in [0.1, 0.15) is 5.75 Å². The number of benzene rings is 1. The van der Waals surface area contributed by atoms with Crippen LogP contribution in [0.4, 0.5) is 0 Å². The fourth-order valence-corrected chi connectivity index (χ4v) is 4.54. The zero-order chi connectivity index (χ0) is 15.7. The lowest BCUT2D eigenvalue weighted by Gasteiger charge is -2.03. The molecular formula is C13H8I2N4OS2. The molecule has 0 saturated carbocycles. The number of thiophene rings is 1. The highest BCUT2D eigenvalue weighted by molar-refractivity contribution is 14.1. The summed E-state index contributed by atoms with van der Waals surface area (Å²) in [6, 6.07) is 7.65. The quantitative estimate of drug-likeness (QED) is 0.286. The molecule has 0 fully saturated rings. The summed E-state index contributed by atoms with van der Waals surface area (Å²) in [6.45, 7) is 0. The van der Waals surface area contributed by atoms with Crippen LogP contribution < -0.4 is 0 Å². The van der Waals surface area contributed by atoms with E-state index in [4.69, 9.17) is 12.2 Å². The van der Waals surface area contributed by atoms with Crippen LogP contribution in [0.25, 0.3) is 10.7 Å². The lowest BCUT2D eigenvalue weighted by Crippen LogP contribution is -1.95. The van der Waals surface area contributed by atoms with Crippen molar-refractivity contribution in [2.45, 2.75) is 0 Å². The average Bonchev–Trinajstić information content (AvgIpc) is 3.11. The third-order valence-corrected chi connectivity index (χ3v) is 5.34. The molecule has 3 aromatic rings. The number of nitrogens with zero attached hydrogens (tertiary/aromatic N) is 3. The number of H-pyrrole nitrogens is 1. The topological polar surface area (TPSA) is 66.2 Å². The van der Waals surface area contributed by atoms with Crippen LogP contribution in [-0.2, 0) is 0 Å². The average molecular weight is 554 g/mol. The minimum atomic E-state index is 0.206. The highest BCUT2D eigenvalue weighted by Crippen LogP contribution is 2.26. The SMILES string of the molecule is Oc1c(I)cc(I)cc1/C=N/n1c(-c2cccs2)n[nH]c1=S. The molecule has 0 amide bonds. The van der Waals surface area contributed by atoms with Crippen LogP contribution in [0.1, 0.15) is 5.56 Å². The Balaban J connectivity index is 2.04. The Bertz CT molecular complexity index is 899. The second kappa shape index (κ2) is 6.76. The van der Waals surface area contributed by atoms with E-state index in [1.807, 2.05) is 29.6 Å². The lowest BCUT2D eigenvalue weighted by atomic mass is 10.2. The second-order valence-electron chi connectivity index (χ2n) is 4.21. The summed E-state index contributed by atoms with van der Waals surface area (Å²) in [7, 11) is 0. The van der Waals surface area contributed by atoms with Gasteiger partial charge in [0.25, 0.3) is 0 Å². The molecule has 3 rings (SSSR count). The van der Waals surface area contributed by atoms with Gasteiger partial charge in [0, 0.05) is 9.13 Å². The largest absolute Gasteiger partial charge is 0.506 e. The number of phenolic OH excluding ortho intramolecular Hbond substituents is 1. The smallest absolute Gasteiger partial charge is 0.216 e. The minimum absolute atomic E-state index is 0.206. The van der Waals surface area contributed by atoms with E-state index in [1.165, 1.54) is 0 Å². The lowest BCUT2D eigenvalue weighted by molar-refractivity contribution is 0.470. The van der Waals surface area contributed by atoms with Crippen LogP contribution in [0.15, 0.2) is 34.7 Å². The van der Waals surface area contributed by atoms with Crippen molar-refractivity contribution in [2.75, 3.05) is 0 Å². The maximum Gasteiger partial charge on any atom is 0.216 e. The molecule has 0 radical (unpaired) electrons. The second-order valence-corrected chi connectivity index (χ2v) is 7.95. The Morgan fingerprint density at radius 3 is 2.95 bits per heavy atom. The summed E-state index contributed by atoms with van der Waals surface area (Å²) in [4.78, 5) is 0.964. The van der Waals surface area contributed by atoms with Crippen LogP contribution in [-0.4, -0.2) is 26.2 Å². The number of aromatic nitrogens is 3. The number of aromatic hydroxyl groups is 1. The summed E-state index contributed by atoms with van der Waals surface area (Å²) in [5.74, 6) is 0.855. The van der Waals surface area contributed by atoms with Gasteiger partial charge in [-0.2, -0.15) is 14.9 Å². The molecule has 0 saturated heterocycles. The van der Waals surface area contributed by atoms with Gasteiger partial charge in [0.15, 0.2) is 5.82 Å². The maximum atomic E-state index is 10.1.